The van der Waals surface area contributed by atoms with Crippen LogP contribution in [0.2, 0.25) is 0 Å². The highest BCUT2D eigenvalue weighted by Crippen LogP contribution is 2.38. The van der Waals surface area contributed by atoms with E-state index < -0.39 is 0 Å². The summed E-state index contributed by atoms with van der Waals surface area (Å²) >= 11 is 0. The normalized spacial score (nSPS) is 19.6. The van der Waals surface area contributed by atoms with Gasteiger partial charge in [-0.1, -0.05) is 24.8 Å². The van der Waals surface area contributed by atoms with Gasteiger partial charge in [0.15, 0.2) is 11.5 Å². The Bertz CT molecular complexity index is 901. The third-order valence-electron chi connectivity index (χ3n) is 5.93. The number of rotatable bonds is 6. The molecule has 1 aliphatic heterocycles. The van der Waals surface area contributed by atoms with Gasteiger partial charge in [0, 0.05) is 30.3 Å². The molecule has 2 aromatic rings. The quantitative estimate of drug-likeness (QED) is 0.788. The second-order valence-electron chi connectivity index (χ2n) is 7.91. The Hall–Kier alpha value is -2.95. The molecule has 1 atom stereocenters. The maximum absolute atomic E-state index is 12.7. The van der Waals surface area contributed by atoms with Crippen molar-refractivity contribution in [1.29, 1.82) is 0 Å². The number of methoxy groups -OCH3 is 1. The molecule has 0 radical (unpaired) electrons. The average molecular weight is 392 g/mol. The number of nitrogens with two attached hydrogens (primary N) is 1. The summed E-state index contributed by atoms with van der Waals surface area (Å²) < 4.78 is 11.7. The predicted molar refractivity (Wildman–Crippen MR) is 115 cm³/mol. The molecule has 1 amide bonds. The summed E-state index contributed by atoms with van der Waals surface area (Å²) in [6.07, 6.45) is 5.37. The lowest BCUT2D eigenvalue weighted by Gasteiger charge is -2.19. The van der Waals surface area contributed by atoms with Crippen LogP contribution in [0.3, 0.4) is 0 Å². The van der Waals surface area contributed by atoms with E-state index in [1.54, 1.807) is 7.11 Å². The van der Waals surface area contributed by atoms with Crippen LogP contribution in [0.1, 0.15) is 49.1 Å². The van der Waals surface area contributed by atoms with Gasteiger partial charge in [-0.25, -0.2) is 0 Å². The molecule has 152 valence electrons. The number of hydrogen-bond donors (Lipinski definition) is 1. The number of ether oxygens (including phenoxy) is 2. The molecule has 1 saturated carbocycles. The van der Waals surface area contributed by atoms with Crippen molar-refractivity contribution < 1.29 is 14.3 Å². The minimum atomic E-state index is 0.128. The van der Waals surface area contributed by atoms with Crippen molar-refractivity contribution in [2.24, 2.45) is 5.73 Å². The van der Waals surface area contributed by atoms with Crippen molar-refractivity contribution in [2.45, 2.75) is 44.1 Å². The van der Waals surface area contributed by atoms with Crippen LogP contribution in [0.25, 0.3) is 5.70 Å². The van der Waals surface area contributed by atoms with E-state index in [1.165, 1.54) is 12.8 Å². The summed E-state index contributed by atoms with van der Waals surface area (Å²) in [4.78, 5) is 14.5. The number of anilines is 1. The van der Waals surface area contributed by atoms with Gasteiger partial charge in [0.05, 0.1) is 13.2 Å². The van der Waals surface area contributed by atoms with E-state index >= 15 is 0 Å². The maximum Gasteiger partial charge on any atom is 0.227 e. The number of hydrogen-bond acceptors (Lipinski definition) is 4. The summed E-state index contributed by atoms with van der Waals surface area (Å²) in [5.41, 5.74) is 9.14. The minimum Gasteiger partial charge on any atom is -0.493 e. The fourth-order valence-corrected chi connectivity index (χ4v) is 4.26. The van der Waals surface area contributed by atoms with E-state index in [-0.39, 0.29) is 17.9 Å². The Labute approximate surface area is 172 Å². The zero-order valence-corrected chi connectivity index (χ0v) is 16.9. The molecule has 29 heavy (non-hydrogen) atoms. The molecule has 0 aromatic heterocycles. The van der Waals surface area contributed by atoms with E-state index in [1.807, 2.05) is 41.3 Å². The molecule has 1 aliphatic carbocycles. The molecule has 1 heterocycles. The molecule has 2 N–H and O–H groups in total. The lowest BCUT2D eigenvalue weighted by molar-refractivity contribution is -0.117. The Balaban J connectivity index is 1.52. The number of nitrogens with zero attached hydrogens (tertiary/aromatic N) is 1. The Kier molecular flexibility index (Phi) is 5.47. The molecule has 5 heteroatoms. The van der Waals surface area contributed by atoms with Gasteiger partial charge >= 0.3 is 0 Å². The van der Waals surface area contributed by atoms with Crippen molar-refractivity contribution in [3.05, 3.63) is 60.2 Å². The van der Waals surface area contributed by atoms with Crippen molar-refractivity contribution >= 4 is 17.3 Å². The first-order chi connectivity index (χ1) is 14.0. The summed E-state index contributed by atoms with van der Waals surface area (Å²) in [5.74, 6) is 1.79. The highest BCUT2D eigenvalue weighted by Gasteiger charge is 2.32. The van der Waals surface area contributed by atoms with Gasteiger partial charge in [0.25, 0.3) is 0 Å². The largest absolute Gasteiger partial charge is 0.493 e. The molecular weight excluding hydrogens is 364 g/mol. The van der Waals surface area contributed by atoms with Crippen LogP contribution in [0.15, 0.2) is 49.0 Å². The van der Waals surface area contributed by atoms with Crippen LogP contribution < -0.4 is 20.1 Å². The highest BCUT2D eigenvalue weighted by molar-refractivity contribution is 5.96. The van der Waals surface area contributed by atoms with Gasteiger partial charge in [-0.15, -0.1) is 0 Å². The zero-order valence-electron chi connectivity index (χ0n) is 16.9. The first kappa shape index (κ1) is 19.4. The van der Waals surface area contributed by atoms with E-state index in [0.717, 1.165) is 41.2 Å². The molecule has 0 spiro atoms. The molecule has 0 bridgehead atoms. The van der Waals surface area contributed by atoms with E-state index in [2.05, 4.69) is 12.6 Å². The predicted octanol–water partition coefficient (Wildman–Crippen LogP) is 4.47. The smallest absolute Gasteiger partial charge is 0.227 e. The number of carbonyl (C=O) groups excluding carboxylic acids is 1. The standard InChI is InChI=1S/C24H28N2O3/c1-16(25)17-7-10-20(11-8-17)26-15-19(14-24(26)27)18-9-12-22(28-2)23(13-18)29-21-5-3-4-6-21/h7-13,19,21H,1,3-6,14-15,25H2,2H3/t19-/m0/s1. The molecule has 2 aliphatic rings. The van der Waals surface area contributed by atoms with Gasteiger partial charge < -0.3 is 20.1 Å². The molecule has 2 fully saturated rings. The van der Waals surface area contributed by atoms with Crippen LogP contribution in [0.4, 0.5) is 5.69 Å². The van der Waals surface area contributed by atoms with Crippen LogP contribution in [-0.2, 0) is 4.79 Å². The first-order valence-corrected chi connectivity index (χ1v) is 10.2. The second kappa shape index (κ2) is 8.19. The summed E-state index contributed by atoms with van der Waals surface area (Å²) in [7, 11) is 1.66. The zero-order chi connectivity index (χ0) is 20.4. The van der Waals surface area contributed by atoms with Crippen LogP contribution >= 0.6 is 0 Å². The molecule has 1 saturated heterocycles. The van der Waals surface area contributed by atoms with Crippen molar-refractivity contribution in [2.75, 3.05) is 18.6 Å². The second-order valence-corrected chi connectivity index (χ2v) is 7.91. The topological polar surface area (TPSA) is 64.8 Å². The molecule has 0 unspecified atom stereocenters. The molecule has 5 nitrogen and oxygen atoms in total. The van der Waals surface area contributed by atoms with Gasteiger partial charge in [-0.3, -0.25) is 4.79 Å². The van der Waals surface area contributed by atoms with Gasteiger partial charge in [0.2, 0.25) is 5.91 Å². The van der Waals surface area contributed by atoms with Gasteiger partial charge in [-0.05, 0) is 61.1 Å². The minimum absolute atomic E-state index is 0.128. The number of benzene rings is 2. The lowest BCUT2D eigenvalue weighted by atomic mass is 9.98. The van der Waals surface area contributed by atoms with E-state index in [4.69, 9.17) is 15.2 Å². The van der Waals surface area contributed by atoms with Crippen molar-refractivity contribution in [3.63, 3.8) is 0 Å². The van der Waals surface area contributed by atoms with Gasteiger partial charge in [-0.2, -0.15) is 0 Å². The Morgan fingerprint density at radius 1 is 1.10 bits per heavy atom. The fourth-order valence-electron chi connectivity index (χ4n) is 4.26. The molecular formula is C24H28N2O3. The third kappa shape index (κ3) is 4.09. The summed E-state index contributed by atoms with van der Waals surface area (Å²) in [6, 6.07) is 13.7. The highest BCUT2D eigenvalue weighted by atomic mass is 16.5. The van der Waals surface area contributed by atoms with Crippen LogP contribution in [0, 0.1) is 0 Å². The Morgan fingerprint density at radius 3 is 2.48 bits per heavy atom. The summed E-state index contributed by atoms with van der Waals surface area (Å²) in [6.45, 7) is 4.40. The van der Waals surface area contributed by atoms with Gasteiger partial charge in [0.1, 0.15) is 0 Å². The molecule has 2 aromatic carbocycles. The maximum atomic E-state index is 12.7. The third-order valence-corrected chi connectivity index (χ3v) is 5.93. The summed E-state index contributed by atoms with van der Waals surface area (Å²) in [5, 5.41) is 0. The van der Waals surface area contributed by atoms with E-state index in [0.29, 0.717) is 18.7 Å². The lowest BCUT2D eigenvalue weighted by Crippen LogP contribution is -2.24. The van der Waals surface area contributed by atoms with E-state index in [9.17, 15) is 4.79 Å². The monoisotopic (exact) mass is 392 g/mol. The number of amides is 1. The average Bonchev–Trinajstić information content (AvgIpc) is 3.37. The Morgan fingerprint density at radius 2 is 1.83 bits per heavy atom. The van der Waals surface area contributed by atoms with Crippen LogP contribution in [0.5, 0.6) is 11.5 Å². The fraction of sp³-hybridized carbons (Fsp3) is 0.375. The number of carbonyl (C=O) groups is 1. The molecule has 4 rings (SSSR count). The van der Waals surface area contributed by atoms with Crippen molar-refractivity contribution in [1.82, 2.24) is 0 Å². The first-order valence-electron chi connectivity index (χ1n) is 10.2. The van der Waals surface area contributed by atoms with Crippen molar-refractivity contribution in [3.8, 4) is 11.5 Å². The van der Waals surface area contributed by atoms with Crippen LogP contribution in [-0.4, -0.2) is 25.7 Å². The SMILES string of the molecule is C=C(N)c1ccc(N2C[C@@H](c3ccc(OC)c(OC4CCCC4)c3)CC2=O)cc1.